The van der Waals surface area contributed by atoms with Crippen molar-refractivity contribution >= 4 is 34.8 Å². The summed E-state index contributed by atoms with van der Waals surface area (Å²) in [6, 6.07) is 5.06. The van der Waals surface area contributed by atoms with Gasteiger partial charge in [-0.15, -0.1) is 0 Å². The van der Waals surface area contributed by atoms with Gasteiger partial charge in [-0.25, -0.2) is 9.97 Å². The van der Waals surface area contributed by atoms with E-state index in [2.05, 4.69) is 9.97 Å². The van der Waals surface area contributed by atoms with Crippen LogP contribution in [0.1, 0.15) is 5.82 Å². The van der Waals surface area contributed by atoms with Crippen molar-refractivity contribution in [2.24, 2.45) is 0 Å². The minimum Gasteiger partial charge on any atom is -0.227 e. The molecule has 0 radical (unpaired) electrons. The van der Waals surface area contributed by atoms with Crippen LogP contribution in [0.3, 0.4) is 0 Å². The Bertz CT molecular complexity index is 603. The third-order valence-electron chi connectivity index (χ3n) is 2.06. The van der Waals surface area contributed by atoms with Crippen molar-refractivity contribution < 1.29 is 0 Å². The number of benzene rings is 1. The Morgan fingerprint density at radius 2 is 1.71 bits per heavy atom. The van der Waals surface area contributed by atoms with Crippen LogP contribution in [0.4, 0.5) is 0 Å². The van der Waals surface area contributed by atoms with E-state index in [1.807, 2.05) is 6.07 Å². The maximum absolute atomic E-state index is 8.60. The first-order chi connectivity index (χ1) is 8.11. The van der Waals surface area contributed by atoms with Crippen molar-refractivity contribution in [2.75, 3.05) is 0 Å². The Balaban J connectivity index is 2.56. The Hall–Kier alpha value is -1.34. The maximum atomic E-state index is 8.60. The zero-order valence-electron chi connectivity index (χ0n) is 8.28. The Morgan fingerprint density at radius 3 is 2.29 bits per heavy atom. The fourth-order valence-electron chi connectivity index (χ4n) is 1.29. The smallest absolute Gasteiger partial charge is 0.227 e. The van der Waals surface area contributed by atoms with E-state index in [1.54, 1.807) is 12.1 Å². The number of rotatable bonds is 1. The molecule has 1 heterocycles. The zero-order valence-corrected chi connectivity index (χ0v) is 10.6. The van der Waals surface area contributed by atoms with Crippen LogP contribution in [-0.2, 0) is 0 Å². The molecule has 84 valence electrons. The molecule has 0 aliphatic rings. The molecule has 0 aliphatic heterocycles. The quantitative estimate of drug-likeness (QED) is 0.744. The predicted octanol–water partition coefficient (Wildman–Crippen LogP) is 3.98. The molecule has 17 heavy (non-hydrogen) atoms. The van der Waals surface area contributed by atoms with Gasteiger partial charge >= 0.3 is 0 Å². The van der Waals surface area contributed by atoms with Crippen molar-refractivity contribution in [2.45, 2.75) is 0 Å². The topological polar surface area (TPSA) is 49.6 Å². The van der Waals surface area contributed by atoms with Crippen molar-refractivity contribution in [3.63, 3.8) is 0 Å². The summed E-state index contributed by atoms with van der Waals surface area (Å²) in [5, 5.41) is 9.81. The fraction of sp³-hybridized carbons (Fsp3) is 0. The van der Waals surface area contributed by atoms with E-state index in [9.17, 15) is 0 Å². The van der Waals surface area contributed by atoms with Gasteiger partial charge in [0.15, 0.2) is 0 Å². The average molecular weight is 285 g/mol. The summed E-state index contributed by atoms with van der Waals surface area (Å²) in [6.45, 7) is 0. The molecule has 3 nitrogen and oxygen atoms in total. The molecule has 0 amide bonds. The number of halogens is 3. The highest BCUT2D eigenvalue weighted by Crippen LogP contribution is 2.35. The van der Waals surface area contributed by atoms with E-state index >= 15 is 0 Å². The molecule has 0 saturated heterocycles. The van der Waals surface area contributed by atoms with Gasteiger partial charge in [-0.1, -0.05) is 34.8 Å². The van der Waals surface area contributed by atoms with Crippen molar-refractivity contribution in [3.05, 3.63) is 45.4 Å². The SMILES string of the molecule is N#Cc1ncc(-c2cc(Cl)cc(Cl)c2Cl)cn1. The third kappa shape index (κ3) is 2.50. The summed E-state index contributed by atoms with van der Waals surface area (Å²) < 4.78 is 0. The van der Waals surface area contributed by atoms with Crippen LogP contribution >= 0.6 is 34.8 Å². The van der Waals surface area contributed by atoms with E-state index in [1.165, 1.54) is 12.4 Å². The molecule has 0 N–H and O–H groups in total. The van der Waals surface area contributed by atoms with Crippen LogP contribution in [0.25, 0.3) is 11.1 Å². The molecule has 2 rings (SSSR count). The molecule has 0 saturated carbocycles. The number of aromatic nitrogens is 2. The van der Waals surface area contributed by atoms with E-state index < -0.39 is 0 Å². The lowest BCUT2D eigenvalue weighted by Crippen LogP contribution is -1.90. The van der Waals surface area contributed by atoms with Gasteiger partial charge in [-0.2, -0.15) is 5.26 Å². The van der Waals surface area contributed by atoms with Gasteiger partial charge in [0, 0.05) is 28.5 Å². The van der Waals surface area contributed by atoms with Gasteiger partial charge in [0.05, 0.1) is 10.0 Å². The minimum absolute atomic E-state index is 0.0954. The molecule has 0 spiro atoms. The fourth-order valence-corrected chi connectivity index (χ4v) is 2.00. The van der Waals surface area contributed by atoms with Crippen LogP contribution in [0.15, 0.2) is 24.5 Å². The lowest BCUT2D eigenvalue weighted by Gasteiger charge is -2.06. The normalized spacial score (nSPS) is 10.0. The Morgan fingerprint density at radius 1 is 1.06 bits per heavy atom. The van der Waals surface area contributed by atoms with E-state index in [0.717, 1.165) is 0 Å². The van der Waals surface area contributed by atoms with Crippen molar-refractivity contribution in [1.82, 2.24) is 9.97 Å². The summed E-state index contributed by atoms with van der Waals surface area (Å²) in [6.07, 6.45) is 3.00. The summed E-state index contributed by atoms with van der Waals surface area (Å²) in [5.41, 5.74) is 1.28. The van der Waals surface area contributed by atoms with E-state index in [0.29, 0.717) is 26.2 Å². The van der Waals surface area contributed by atoms with Gasteiger partial charge in [0.2, 0.25) is 5.82 Å². The van der Waals surface area contributed by atoms with Crippen LogP contribution in [-0.4, -0.2) is 9.97 Å². The van der Waals surface area contributed by atoms with Crippen molar-refractivity contribution in [1.29, 1.82) is 5.26 Å². The van der Waals surface area contributed by atoms with Gasteiger partial charge in [0.1, 0.15) is 6.07 Å². The predicted molar refractivity (Wildman–Crippen MR) is 67.2 cm³/mol. The summed E-state index contributed by atoms with van der Waals surface area (Å²) >= 11 is 17.9. The molecule has 1 aromatic heterocycles. The maximum Gasteiger partial charge on any atom is 0.232 e. The Kier molecular flexibility index (Phi) is 3.49. The number of hydrogen-bond acceptors (Lipinski definition) is 3. The lowest BCUT2D eigenvalue weighted by molar-refractivity contribution is 1.12. The molecular formula is C11H4Cl3N3. The zero-order chi connectivity index (χ0) is 12.4. The molecular weight excluding hydrogens is 281 g/mol. The highest BCUT2D eigenvalue weighted by molar-refractivity contribution is 6.45. The van der Waals surface area contributed by atoms with Crippen LogP contribution in [0.5, 0.6) is 0 Å². The first-order valence-electron chi connectivity index (χ1n) is 4.49. The highest BCUT2D eigenvalue weighted by atomic mass is 35.5. The number of hydrogen-bond donors (Lipinski definition) is 0. The third-order valence-corrected chi connectivity index (χ3v) is 3.08. The molecule has 2 aromatic rings. The minimum atomic E-state index is 0.0954. The summed E-state index contributed by atoms with van der Waals surface area (Å²) in [5.74, 6) is 0.0954. The highest BCUT2D eigenvalue weighted by Gasteiger charge is 2.10. The Labute approximate surface area is 113 Å². The second-order valence-electron chi connectivity index (χ2n) is 3.16. The molecule has 0 aliphatic carbocycles. The van der Waals surface area contributed by atoms with Crippen LogP contribution in [0.2, 0.25) is 15.1 Å². The second-order valence-corrected chi connectivity index (χ2v) is 4.38. The standard InChI is InChI=1S/C11H4Cl3N3/c12-7-1-8(11(14)9(13)2-7)6-4-16-10(3-15)17-5-6/h1-2,4-5H. The second kappa shape index (κ2) is 4.89. The molecule has 6 heteroatoms. The van der Waals surface area contributed by atoms with Gasteiger partial charge in [-0.3, -0.25) is 0 Å². The van der Waals surface area contributed by atoms with Crippen LogP contribution < -0.4 is 0 Å². The lowest BCUT2D eigenvalue weighted by atomic mass is 10.1. The average Bonchev–Trinajstić information content (AvgIpc) is 2.34. The first kappa shape index (κ1) is 12.1. The van der Waals surface area contributed by atoms with Crippen LogP contribution in [0, 0.1) is 11.3 Å². The number of nitrogens with zero attached hydrogens (tertiary/aromatic N) is 3. The summed E-state index contributed by atoms with van der Waals surface area (Å²) in [7, 11) is 0. The largest absolute Gasteiger partial charge is 0.232 e. The van der Waals surface area contributed by atoms with Gasteiger partial charge in [0.25, 0.3) is 0 Å². The molecule has 0 fully saturated rings. The van der Waals surface area contributed by atoms with Gasteiger partial charge in [-0.05, 0) is 12.1 Å². The molecule has 1 aromatic carbocycles. The molecule has 0 atom stereocenters. The van der Waals surface area contributed by atoms with Crippen molar-refractivity contribution in [3.8, 4) is 17.2 Å². The molecule has 0 bridgehead atoms. The molecule has 0 unspecified atom stereocenters. The number of nitriles is 1. The monoisotopic (exact) mass is 283 g/mol. The van der Waals surface area contributed by atoms with E-state index in [4.69, 9.17) is 40.1 Å². The van der Waals surface area contributed by atoms with Gasteiger partial charge < -0.3 is 0 Å². The first-order valence-corrected chi connectivity index (χ1v) is 5.62. The van der Waals surface area contributed by atoms with E-state index in [-0.39, 0.29) is 5.82 Å². The summed E-state index contributed by atoms with van der Waals surface area (Å²) in [4.78, 5) is 7.71.